The summed E-state index contributed by atoms with van der Waals surface area (Å²) in [5, 5.41) is 3.14. The molecule has 1 unspecified atom stereocenters. The molecule has 74 valence electrons. The highest BCUT2D eigenvalue weighted by molar-refractivity contribution is 7.09. The lowest BCUT2D eigenvalue weighted by Crippen LogP contribution is -2.21. The summed E-state index contributed by atoms with van der Waals surface area (Å²) in [6.45, 7) is 2.69. The quantitative estimate of drug-likeness (QED) is 0.785. The van der Waals surface area contributed by atoms with Gasteiger partial charge in [0.15, 0.2) is 0 Å². The van der Waals surface area contributed by atoms with Crippen molar-refractivity contribution in [2.75, 3.05) is 7.11 Å². The SMILES string of the molecule is CCC(N)Cc1nc(COC)cs1. The molecular weight excluding hydrogens is 184 g/mol. The van der Waals surface area contributed by atoms with Gasteiger partial charge in [-0.2, -0.15) is 0 Å². The molecule has 0 saturated heterocycles. The van der Waals surface area contributed by atoms with Crippen molar-refractivity contribution in [2.24, 2.45) is 5.73 Å². The average molecular weight is 200 g/mol. The Morgan fingerprint density at radius 3 is 3.08 bits per heavy atom. The summed E-state index contributed by atoms with van der Waals surface area (Å²) in [6, 6.07) is 0.238. The van der Waals surface area contributed by atoms with Gasteiger partial charge in [0.1, 0.15) is 0 Å². The number of ether oxygens (including phenoxy) is 1. The van der Waals surface area contributed by atoms with E-state index in [0.29, 0.717) is 6.61 Å². The fraction of sp³-hybridized carbons (Fsp3) is 0.667. The zero-order valence-electron chi connectivity index (χ0n) is 8.12. The Kier molecular flexibility index (Phi) is 4.35. The van der Waals surface area contributed by atoms with Gasteiger partial charge in [-0.1, -0.05) is 6.92 Å². The number of thiazole rings is 1. The number of nitrogens with two attached hydrogens (primary N) is 1. The molecule has 0 bridgehead atoms. The van der Waals surface area contributed by atoms with Gasteiger partial charge in [0, 0.05) is 25.0 Å². The largest absolute Gasteiger partial charge is 0.378 e. The molecule has 0 aliphatic carbocycles. The maximum absolute atomic E-state index is 5.82. The molecule has 0 aliphatic heterocycles. The molecule has 4 heteroatoms. The summed E-state index contributed by atoms with van der Waals surface area (Å²) in [5.41, 5.74) is 6.83. The van der Waals surface area contributed by atoms with E-state index < -0.39 is 0 Å². The third kappa shape index (κ3) is 3.42. The van der Waals surface area contributed by atoms with Crippen LogP contribution in [0.4, 0.5) is 0 Å². The second-order valence-corrected chi connectivity index (χ2v) is 3.98. The first kappa shape index (κ1) is 10.6. The van der Waals surface area contributed by atoms with Crippen molar-refractivity contribution < 1.29 is 4.74 Å². The van der Waals surface area contributed by atoms with E-state index in [9.17, 15) is 0 Å². The van der Waals surface area contributed by atoms with Crippen molar-refractivity contribution in [3.63, 3.8) is 0 Å². The van der Waals surface area contributed by atoms with Crippen molar-refractivity contribution in [1.82, 2.24) is 4.98 Å². The van der Waals surface area contributed by atoms with Gasteiger partial charge in [-0.15, -0.1) is 11.3 Å². The van der Waals surface area contributed by atoms with Gasteiger partial charge in [0.25, 0.3) is 0 Å². The van der Waals surface area contributed by atoms with E-state index in [4.69, 9.17) is 10.5 Å². The lowest BCUT2D eigenvalue weighted by atomic mass is 10.2. The minimum atomic E-state index is 0.238. The van der Waals surface area contributed by atoms with Crippen LogP contribution in [0.2, 0.25) is 0 Å². The highest BCUT2D eigenvalue weighted by Gasteiger charge is 2.05. The van der Waals surface area contributed by atoms with Crippen molar-refractivity contribution >= 4 is 11.3 Å². The van der Waals surface area contributed by atoms with Crippen LogP contribution in [0.15, 0.2) is 5.38 Å². The normalized spacial score (nSPS) is 13.2. The standard InChI is InChI=1S/C9H16N2OS/c1-3-7(10)4-9-11-8(5-12-2)6-13-9/h6-7H,3-5,10H2,1-2H3. The van der Waals surface area contributed by atoms with Gasteiger partial charge in [-0.05, 0) is 6.42 Å². The van der Waals surface area contributed by atoms with Gasteiger partial charge in [-0.3, -0.25) is 0 Å². The van der Waals surface area contributed by atoms with E-state index in [1.807, 2.05) is 5.38 Å². The number of hydrogen-bond acceptors (Lipinski definition) is 4. The van der Waals surface area contributed by atoms with Crippen LogP contribution in [0.3, 0.4) is 0 Å². The minimum absolute atomic E-state index is 0.238. The van der Waals surface area contributed by atoms with Crippen LogP contribution in [0.5, 0.6) is 0 Å². The molecule has 0 fully saturated rings. The van der Waals surface area contributed by atoms with Crippen LogP contribution < -0.4 is 5.73 Å². The van der Waals surface area contributed by atoms with E-state index in [1.165, 1.54) is 0 Å². The number of aromatic nitrogens is 1. The second-order valence-electron chi connectivity index (χ2n) is 3.04. The van der Waals surface area contributed by atoms with Crippen LogP contribution in [-0.2, 0) is 17.8 Å². The molecule has 0 aromatic carbocycles. The highest BCUT2D eigenvalue weighted by Crippen LogP contribution is 2.12. The van der Waals surface area contributed by atoms with Gasteiger partial charge < -0.3 is 10.5 Å². The Hall–Kier alpha value is -0.450. The Morgan fingerprint density at radius 2 is 2.46 bits per heavy atom. The van der Waals surface area contributed by atoms with Gasteiger partial charge in [0.2, 0.25) is 0 Å². The number of hydrogen-bond donors (Lipinski definition) is 1. The van der Waals surface area contributed by atoms with Crippen LogP contribution in [0.25, 0.3) is 0 Å². The summed E-state index contributed by atoms with van der Waals surface area (Å²) in [7, 11) is 1.68. The van der Waals surface area contributed by atoms with Gasteiger partial charge >= 0.3 is 0 Å². The molecule has 0 amide bonds. The average Bonchev–Trinajstić information content (AvgIpc) is 2.53. The van der Waals surface area contributed by atoms with Crippen LogP contribution in [-0.4, -0.2) is 18.1 Å². The molecule has 1 heterocycles. The molecule has 3 nitrogen and oxygen atoms in total. The summed E-state index contributed by atoms with van der Waals surface area (Å²) >= 11 is 1.66. The predicted molar refractivity (Wildman–Crippen MR) is 54.8 cm³/mol. The van der Waals surface area contributed by atoms with Crippen molar-refractivity contribution in [2.45, 2.75) is 32.4 Å². The third-order valence-corrected chi connectivity index (χ3v) is 2.77. The monoisotopic (exact) mass is 200 g/mol. The molecule has 13 heavy (non-hydrogen) atoms. The van der Waals surface area contributed by atoms with Crippen molar-refractivity contribution in [1.29, 1.82) is 0 Å². The lowest BCUT2D eigenvalue weighted by molar-refractivity contribution is 0.182. The Morgan fingerprint density at radius 1 is 1.69 bits per heavy atom. The Labute approximate surface area is 82.9 Å². The lowest BCUT2D eigenvalue weighted by Gasteiger charge is -2.04. The van der Waals surface area contributed by atoms with Crippen LogP contribution in [0, 0.1) is 0 Å². The Bertz CT molecular complexity index is 250. The van der Waals surface area contributed by atoms with Crippen LogP contribution in [0.1, 0.15) is 24.0 Å². The van der Waals surface area contributed by atoms with E-state index in [-0.39, 0.29) is 6.04 Å². The number of nitrogens with zero attached hydrogens (tertiary/aromatic N) is 1. The summed E-state index contributed by atoms with van der Waals surface area (Å²) < 4.78 is 4.99. The predicted octanol–water partition coefficient (Wildman–Crippen LogP) is 1.57. The van der Waals surface area contributed by atoms with Crippen molar-refractivity contribution in [3.8, 4) is 0 Å². The smallest absolute Gasteiger partial charge is 0.0944 e. The number of rotatable bonds is 5. The fourth-order valence-electron chi connectivity index (χ4n) is 1.03. The molecular formula is C9H16N2OS. The zero-order chi connectivity index (χ0) is 9.68. The molecule has 0 radical (unpaired) electrons. The molecule has 1 rings (SSSR count). The molecule has 1 aromatic rings. The summed E-state index contributed by atoms with van der Waals surface area (Å²) in [6.07, 6.45) is 1.88. The first-order valence-corrected chi connectivity index (χ1v) is 5.32. The first-order valence-electron chi connectivity index (χ1n) is 4.44. The molecule has 2 N–H and O–H groups in total. The maximum atomic E-state index is 5.82. The van der Waals surface area contributed by atoms with Gasteiger partial charge in [-0.25, -0.2) is 4.98 Å². The van der Waals surface area contributed by atoms with E-state index in [2.05, 4.69) is 11.9 Å². The molecule has 0 saturated carbocycles. The molecule has 1 atom stereocenters. The summed E-state index contributed by atoms with van der Waals surface area (Å²) in [4.78, 5) is 4.40. The highest BCUT2D eigenvalue weighted by atomic mass is 32.1. The maximum Gasteiger partial charge on any atom is 0.0944 e. The molecule has 1 aromatic heterocycles. The second kappa shape index (κ2) is 5.32. The fourth-order valence-corrected chi connectivity index (χ4v) is 1.90. The molecule has 0 spiro atoms. The molecule has 0 aliphatic rings. The van der Waals surface area contributed by atoms with E-state index in [0.717, 1.165) is 23.5 Å². The zero-order valence-corrected chi connectivity index (χ0v) is 8.93. The first-order chi connectivity index (χ1) is 6.26. The Balaban J connectivity index is 2.48. The minimum Gasteiger partial charge on any atom is -0.378 e. The van der Waals surface area contributed by atoms with Crippen LogP contribution >= 0.6 is 11.3 Å². The van der Waals surface area contributed by atoms with Gasteiger partial charge in [0.05, 0.1) is 17.3 Å². The third-order valence-electron chi connectivity index (χ3n) is 1.85. The topological polar surface area (TPSA) is 48.1 Å². The number of methoxy groups -OCH3 is 1. The van der Waals surface area contributed by atoms with Crippen molar-refractivity contribution in [3.05, 3.63) is 16.1 Å². The summed E-state index contributed by atoms with van der Waals surface area (Å²) in [5.74, 6) is 0. The van der Waals surface area contributed by atoms with E-state index in [1.54, 1.807) is 18.4 Å². The van der Waals surface area contributed by atoms with E-state index >= 15 is 0 Å².